The second-order valence-corrected chi connectivity index (χ2v) is 12.1. The van der Waals surface area contributed by atoms with Gasteiger partial charge in [-0.05, 0) is 35.6 Å². The standard InChI is InChI=1S/C24H34N8O5S/c1-12(6-15(33)10-30-11-27-28-29-30)18-19-13(2)21(20(24(36)37)32(19)23(18)35)38-16-7-17(26-9-16)22(34)31-5-3-4-14(31)8-25/h11-14,16-19,26H,3-10,25H2,1-2H3,(H,36,37)/t12-,13+,14-,16-,17-,18+,19+/m0/s1. The molecule has 0 unspecified atom stereocenters. The number of ketones is 1. The number of likely N-dealkylation sites (tertiary alicyclic amines) is 1. The molecule has 3 saturated heterocycles. The van der Waals surface area contributed by atoms with Crippen LogP contribution < -0.4 is 11.1 Å². The Kier molecular flexibility index (Phi) is 7.56. The lowest BCUT2D eigenvalue weighted by atomic mass is 9.73. The number of carbonyl (C=O) groups is 4. The summed E-state index contributed by atoms with van der Waals surface area (Å²) in [6.07, 6.45) is 4.01. The van der Waals surface area contributed by atoms with E-state index in [-0.39, 0.29) is 71.5 Å². The summed E-state index contributed by atoms with van der Waals surface area (Å²) in [4.78, 5) is 55.1. The maximum absolute atomic E-state index is 13.2. The highest BCUT2D eigenvalue weighted by molar-refractivity contribution is 8.03. The van der Waals surface area contributed by atoms with Gasteiger partial charge < -0.3 is 26.0 Å². The fourth-order valence-electron chi connectivity index (χ4n) is 6.48. The zero-order chi connectivity index (χ0) is 27.1. The summed E-state index contributed by atoms with van der Waals surface area (Å²) in [6.45, 7) is 5.59. The summed E-state index contributed by atoms with van der Waals surface area (Å²) in [5, 5.41) is 24.1. The number of aromatic nitrogens is 4. The molecular weight excluding hydrogens is 512 g/mol. The van der Waals surface area contributed by atoms with Crippen molar-refractivity contribution in [3.8, 4) is 0 Å². The first-order valence-electron chi connectivity index (χ1n) is 13.1. The van der Waals surface area contributed by atoms with Crippen LogP contribution in [0, 0.1) is 17.8 Å². The van der Waals surface area contributed by atoms with E-state index in [2.05, 4.69) is 20.8 Å². The van der Waals surface area contributed by atoms with Crippen molar-refractivity contribution in [1.29, 1.82) is 0 Å². The van der Waals surface area contributed by atoms with Crippen LogP contribution in [0.2, 0.25) is 0 Å². The topological polar surface area (TPSA) is 177 Å². The van der Waals surface area contributed by atoms with Crippen LogP contribution in [0.25, 0.3) is 0 Å². The summed E-state index contributed by atoms with van der Waals surface area (Å²) >= 11 is 1.46. The van der Waals surface area contributed by atoms with Gasteiger partial charge in [0.2, 0.25) is 11.8 Å². The number of nitrogens with zero attached hydrogens (tertiary/aromatic N) is 6. The van der Waals surface area contributed by atoms with Gasteiger partial charge in [0, 0.05) is 48.2 Å². The van der Waals surface area contributed by atoms with Crippen molar-refractivity contribution < 1.29 is 24.3 Å². The van der Waals surface area contributed by atoms with E-state index in [1.807, 2.05) is 18.7 Å². The maximum Gasteiger partial charge on any atom is 0.353 e. The lowest BCUT2D eigenvalue weighted by Crippen LogP contribution is -2.62. The monoisotopic (exact) mass is 546 g/mol. The number of Topliss-reactive ketones (excluding diaryl/α,β-unsaturated/α-hetero) is 1. The summed E-state index contributed by atoms with van der Waals surface area (Å²) in [5.74, 6) is -2.27. The van der Waals surface area contributed by atoms with E-state index in [4.69, 9.17) is 5.73 Å². The van der Waals surface area contributed by atoms with Gasteiger partial charge in [-0.3, -0.25) is 14.4 Å². The molecule has 0 bridgehead atoms. The number of β-lactam (4-membered cyclic amide) rings is 1. The van der Waals surface area contributed by atoms with Crippen LogP contribution in [0.3, 0.4) is 0 Å². The predicted octanol–water partition coefficient (Wildman–Crippen LogP) is -0.545. The lowest BCUT2D eigenvalue weighted by molar-refractivity contribution is -0.160. The third-order valence-electron chi connectivity index (χ3n) is 8.30. The van der Waals surface area contributed by atoms with E-state index < -0.39 is 11.9 Å². The summed E-state index contributed by atoms with van der Waals surface area (Å²) in [7, 11) is 0. The van der Waals surface area contributed by atoms with E-state index >= 15 is 0 Å². The van der Waals surface area contributed by atoms with Gasteiger partial charge >= 0.3 is 5.97 Å². The van der Waals surface area contributed by atoms with Gasteiger partial charge in [0.25, 0.3) is 0 Å². The first kappa shape index (κ1) is 26.8. The molecule has 0 aliphatic carbocycles. The minimum Gasteiger partial charge on any atom is -0.477 e. The van der Waals surface area contributed by atoms with Crippen LogP contribution in [0.1, 0.15) is 39.5 Å². The van der Waals surface area contributed by atoms with Crippen molar-refractivity contribution in [1.82, 2.24) is 35.3 Å². The Morgan fingerprint density at radius 3 is 2.82 bits per heavy atom. The zero-order valence-electron chi connectivity index (χ0n) is 21.5. The Morgan fingerprint density at radius 2 is 2.13 bits per heavy atom. The van der Waals surface area contributed by atoms with Crippen LogP contribution in [0.15, 0.2) is 16.9 Å². The SMILES string of the molecule is C[C@@H](CC(=O)Cn1cnnn1)[C@H]1C(=O)N2C(C(=O)O)=C(S[C@@H]3CN[C@H](C(=O)N4CCC[C@H]4CN)C3)[C@H](C)[C@H]12. The first-order chi connectivity index (χ1) is 18.2. The number of carboxylic acids is 1. The van der Waals surface area contributed by atoms with E-state index in [1.54, 1.807) is 0 Å². The van der Waals surface area contributed by atoms with Gasteiger partial charge in [-0.15, -0.1) is 16.9 Å². The molecule has 4 N–H and O–H groups in total. The fraction of sp³-hybridized carbons (Fsp3) is 0.708. The summed E-state index contributed by atoms with van der Waals surface area (Å²) in [5.41, 5.74) is 5.89. The van der Waals surface area contributed by atoms with Gasteiger partial charge in [0.05, 0.1) is 18.0 Å². The highest BCUT2D eigenvalue weighted by Gasteiger charge is 2.60. The highest BCUT2D eigenvalue weighted by atomic mass is 32.2. The largest absolute Gasteiger partial charge is 0.477 e. The molecule has 206 valence electrons. The van der Waals surface area contributed by atoms with Crippen molar-refractivity contribution in [2.45, 2.75) is 69.5 Å². The molecule has 2 amide bonds. The number of hydrogen-bond acceptors (Lipinski definition) is 10. The van der Waals surface area contributed by atoms with Crippen molar-refractivity contribution in [2.24, 2.45) is 23.5 Å². The molecule has 7 atom stereocenters. The van der Waals surface area contributed by atoms with Crippen LogP contribution in [-0.2, 0) is 25.7 Å². The molecule has 4 aliphatic rings. The van der Waals surface area contributed by atoms with Gasteiger partial charge in [0.15, 0.2) is 5.78 Å². The van der Waals surface area contributed by atoms with Crippen LogP contribution >= 0.6 is 11.8 Å². The number of nitrogens with one attached hydrogen (secondary N) is 1. The number of nitrogens with two attached hydrogens (primary N) is 1. The van der Waals surface area contributed by atoms with E-state index in [1.165, 1.54) is 27.7 Å². The van der Waals surface area contributed by atoms with Crippen molar-refractivity contribution >= 4 is 35.3 Å². The first-order valence-corrected chi connectivity index (χ1v) is 14.0. The molecule has 13 nitrogen and oxygen atoms in total. The Hall–Kier alpha value is -2.84. The number of amides is 2. The van der Waals surface area contributed by atoms with E-state index in [9.17, 15) is 24.3 Å². The molecule has 3 fully saturated rings. The molecule has 0 saturated carbocycles. The Labute approximate surface area is 224 Å². The van der Waals surface area contributed by atoms with Crippen LogP contribution in [0.5, 0.6) is 0 Å². The van der Waals surface area contributed by atoms with Crippen molar-refractivity contribution in [3.05, 3.63) is 16.9 Å². The fourth-order valence-corrected chi connectivity index (χ4v) is 7.96. The maximum atomic E-state index is 13.2. The van der Waals surface area contributed by atoms with Gasteiger partial charge in [0.1, 0.15) is 18.6 Å². The molecule has 5 heterocycles. The molecule has 0 aromatic carbocycles. The van der Waals surface area contributed by atoms with E-state index in [0.717, 1.165) is 19.4 Å². The molecule has 1 aromatic heterocycles. The number of hydrogen-bond donors (Lipinski definition) is 3. The van der Waals surface area contributed by atoms with Crippen molar-refractivity contribution in [2.75, 3.05) is 19.6 Å². The van der Waals surface area contributed by atoms with Crippen LogP contribution in [0.4, 0.5) is 0 Å². The Balaban J connectivity index is 1.24. The molecule has 5 rings (SSSR count). The molecule has 38 heavy (non-hydrogen) atoms. The van der Waals surface area contributed by atoms with E-state index in [0.29, 0.717) is 24.4 Å². The third kappa shape index (κ3) is 4.73. The number of thioether (sulfide) groups is 1. The summed E-state index contributed by atoms with van der Waals surface area (Å²) in [6, 6.07) is -0.531. The number of carboxylic acid groups (broad SMARTS) is 1. The number of fused-ring (bicyclic) bond motifs is 1. The lowest BCUT2D eigenvalue weighted by Gasteiger charge is -2.47. The van der Waals surface area contributed by atoms with Gasteiger partial charge in [-0.2, -0.15) is 0 Å². The Morgan fingerprint density at radius 1 is 1.34 bits per heavy atom. The highest BCUT2D eigenvalue weighted by Crippen LogP contribution is 2.53. The number of aliphatic carboxylic acids is 1. The van der Waals surface area contributed by atoms with Crippen LogP contribution in [-0.4, -0.2) is 102 Å². The molecule has 1 aromatic rings. The molecule has 0 radical (unpaired) electrons. The molecule has 4 aliphatic heterocycles. The Bertz CT molecular complexity index is 1140. The average Bonchev–Trinajstić information content (AvgIpc) is 3.66. The zero-order valence-corrected chi connectivity index (χ0v) is 22.3. The number of tetrazole rings is 1. The smallest absolute Gasteiger partial charge is 0.353 e. The van der Waals surface area contributed by atoms with Gasteiger partial charge in [-0.25, -0.2) is 9.48 Å². The summed E-state index contributed by atoms with van der Waals surface area (Å²) < 4.78 is 1.34. The molecule has 14 heteroatoms. The second-order valence-electron chi connectivity index (χ2n) is 10.8. The number of carbonyl (C=O) groups excluding carboxylic acids is 3. The number of rotatable bonds is 10. The third-order valence-corrected chi connectivity index (χ3v) is 9.81. The van der Waals surface area contributed by atoms with Crippen molar-refractivity contribution in [3.63, 3.8) is 0 Å². The molecular formula is C24H34N8O5S. The quantitative estimate of drug-likeness (QED) is 0.321. The van der Waals surface area contributed by atoms with Gasteiger partial charge in [-0.1, -0.05) is 13.8 Å². The minimum absolute atomic E-state index is 0.0113. The predicted molar refractivity (Wildman–Crippen MR) is 136 cm³/mol. The second kappa shape index (κ2) is 10.7. The minimum atomic E-state index is -1.13. The normalized spacial score (nSPS) is 31.5. The average molecular weight is 547 g/mol. The molecule has 0 spiro atoms.